The lowest BCUT2D eigenvalue weighted by molar-refractivity contribution is 0.108. The molecule has 0 N–H and O–H groups in total. The molecule has 1 aromatic heterocycles. The highest BCUT2D eigenvalue weighted by molar-refractivity contribution is 6.67. The Morgan fingerprint density at radius 1 is 0.929 bits per heavy atom. The maximum Gasteiger partial charge on any atom is 0.252 e. The van der Waals surface area contributed by atoms with Crippen LogP contribution in [0.4, 0.5) is 0 Å². The lowest BCUT2D eigenvalue weighted by atomic mass is 10.1. The molecule has 0 aliphatic heterocycles. The van der Waals surface area contributed by atoms with Gasteiger partial charge in [0.15, 0.2) is 5.82 Å². The van der Waals surface area contributed by atoms with Crippen LogP contribution in [0.15, 0.2) is 24.3 Å². The molecule has 0 radical (unpaired) electrons. The second-order valence-electron chi connectivity index (χ2n) is 7.48. The van der Waals surface area contributed by atoms with Crippen LogP contribution >= 0.6 is 11.6 Å². The summed E-state index contributed by atoms with van der Waals surface area (Å²) in [4.78, 5) is 11.5. The van der Waals surface area contributed by atoms with Gasteiger partial charge in [0.05, 0.1) is 0 Å². The van der Waals surface area contributed by atoms with Crippen LogP contribution in [-0.4, -0.2) is 20.0 Å². The van der Waals surface area contributed by atoms with Gasteiger partial charge >= 0.3 is 0 Å². The van der Waals surface area contributed by atoms with Crippen LogP contribution in [0.25, 0.3) is 11.4 Å². The first-order valence-electron chi connectivity index (χ1n) is 10.9. The summed E-state index contributed by atoms with van der Waals surface area (Å²) in [6.07, 6.45) is 14.1. The van der Waals surface area contributed by atoms with E-state index in [9.17, 15) is 4.79 Å². The Kier molecular flexibility index (Phi) is 10.3. The molecule has 0 atom stereocenters. The van der Waals surface area contributed by atoms with Crippen molar-refractivity contribution in [3.05, 3.63) is 35.7 Å². The summed E-state index contributed by atoms with van der Waals surface area (Å²) < 4.78 is 2.20. The molecule has 2 rings (SSSR count). The molecule has 4 nitrogen and oxygen atoms in total. The van der Waals surface area contributed by atoms with Gasteiger partial charge in [-0.05, 0) is 24.1 Å². The van der Waals surface area contributed by atoms with Gasteiger partial charge in [-0.3, -0.25) is 4.79 Å². The van der Waals surface area contributed by atoms with Crippen molar-refractivity contribution in [3.8, 4) is 11.4 Å². The van der Waals surface area contributed by atoms with E-state index in [1.807, 2.05) is 12.1 Å². The summed E-state index contributed by atoms with van der Waals surface area (Å²) in [5.41, 5.74) is 1.39. The van der Waals surface area contributed by atoms with Crippen LogP contribution in [0, 0.1) is 0 Å². The van der Waals surface area contributed by atoms with Crippen molar-refractivity contribution in [1.82, 2.24) is 14.8 Å². The molecule has 5 heteroatoms. The summed E-state index contributed by atoms with van der Waals surface area (Å²) in [5.74, 6) is 1.82. The number of carbonyl (C=O) groups is 1. The molecular weight excluding hydrogens is 370 g/mol. The van der Waals surface area contributed by atoms with Crippen LogP contribution < -0.4 is 0 Å². The molecule has 1 aromatic carbocycles. The number of unbranched alkanes of at least 4 members (excludes halogenated alkanes) is 9. The molecule has 0 aliphatic rings. The molecule has 0 fully saturated rings. The third-order valence-corrected chi connectivity index (χ3v) is 5.44. The van der Waals surface area contributed by atoms with E-state index in [4.69, 9.17) is 11.6 Å². The molecule has 0 unspecified atom stereocenters. The summed E-state index contributed by atoms with van der Waals surface area (Å²) in [6, 6.07) is 7.33. The second-order valence-corrected chi connectivity index (χ2v) is 7.82. The third-order valence-electron chi connectivity index (χ3n) is 5.23. The Hall–Kier alpha value is -1.68. The molecule has 0 saturated carbocycles. The van der Waals surface area contributed by atoms with E-state index in [2.05, 4.69) is 28.6 Å². The van der Waals surface area contributed by atoms with E-state index in [-0.39, 0.29) is 0 Å². The lowest BCUT2D eigenvalue weighted by Crippen LogP contribution is -2.05. The minimum atomic E-state index is -0.446. The first-order chi connectivity index (χ1) is 13.7. The highest BCUT2D eigenvalue weighted by Gasteiger charge is 2.14. The fraction of sp³-hybridized carbons (Fsp3) is 0.609. The van der Waals surface area contributed by atoms with Crippen LogP contribution in [-0.2, 0) is 13.0 Å². The Balaban J connectivity index is 1.84. The zero-order chi connectivity index (χ0) is 20.2. The van der Waals surface area contributed by atoms with Gasteiger partial charge in [0.2, 0.25) is 0 Å². The fourth-order valence-corrected chi connectivity index (χ4v) is 3.70. The second kappa shape index (κ2) is 12.7. The van der Waals surface area contributed by atoms with Gasteiger partial charge in [-0.25, -0.2) is 0 Å². The van der Waals surface area contributed by atoms with Gasteiger partial charge < -0.3 is 4.57 Å². The standard InChI is InChI=1S/C23H34ClN3O/c1-3-5-6-7-8-9-10-11-12-13-17-27-21(4-2)25-26-23(27)20-16-14-15-19(18-20)22(24)28/h14-16,18H,3-13,17H2,1-2H3. The number of benzene rings is 1. The predicted octanol–water partition coefficient (Wildman–Crippen LogP) is 6.81. The fourth-order valence-electron chi connectivity index (χ4n) is 3.58. The van der Waals surface area contributed by atoms with Gasteiger partial charge in [-0.2, -0.15) is 0 Å². The van der Waals surface area contributed by atoms with Gasteiger partial charge in [0.25, 0.3) is 5.24 Å². The Bertz CT molecular complexity index is 726. The van der Waals surface area contributed by atoms with Gasteiger partial charge in [-0.1, -0.05) is 89.8 Å². The summed E-state index contributed by atoms with van der Waals surface area (Å²) in [5, 5.41) is 8.28. The molecular formula is C23H34ClN3O. The largest absolute Gasteiger partial charge is 0.311 e. The predicted molar refractivity (Wildman–Crippen MR) is 117 cm³/mol. The third kappa shape index (κ3) is 7.05. The van der Waals surface area contributed by atoms with Crippen molar-refractivity contribution in [3.63, 3.8) is 0 Å². The molecule has 28 heavy (non-hydrogen) atoms. The average molecular weight is 404 g/mol. The number of hydrogen-bond acceptors (Lipinski definition) is 3. The zero-order valence-electron chi connectivity index (χ0n) is 17.4. The van der Waals surface area contributed by atoms with E-state index < -0.39 is 5.24 Å². The topological polar surface area (TPSA) is 47.8 Å². The van der Waals surface area contributed by atoms with Gasteiger partial charge in [0.1, 0.15) is 5.82 Å². The molecule has 0 amide bonds. The van der Waals surface area contributed by atoms with Crippen LogP contribution in [0.2, 0.25) is 0 Å². The number of nitrogens with zero attached hydrogens (tertiary/aromatic N) is 3. The number of carbonyl (C=O) groups excluding carboxylic acids is 1. The minimum absolute atomic E-state index is 0.446. The normalized spacial score (nSPS) is 11.1. The monoisotopic (exact) mass is 403 g/mol. The summed E-state index contributed by atoms with van der Waals surface area (Å²) >= 11 is 5.63. The number of rotatable bonds is 14. The van der Waals surface area contributed by atoms with Crippen molar-refractivity contribution in [2.24, 2.45) is 0 Å². The molecule has 0 aliphatic carbocycles. The summed E-state index contributed by atoms with van der Waals surface area (Å²) in [6.45, 7) is 5.28. The van der Waals surface area contributed by atoms with E-state index in [0.717, 1.165) is 36.6 Å². The number of aryl methyl sites for hydroxylation is 1. The molecule has 1 heterocycles. The van der Waals surface area contributed by atoms with Crippen LogP contribution in [0.1, 0.15) is 94.2 Å². The average Bonchev–Trinajstić information content (AvgIpc) is 3.12. The number of hydrogen-bond donors (Lipinski definition) is 0. The highest BCUT2D eigenvalue weighted by atomic mass is 35.5. The van der Waals surface area contributed by atoms with E-state index in [0.29, 0.717) is 5.56 Å². The van der Waals surface area contributed by atoms with Crippen molar-refractivity contribution in [2.75, 3.05) is 0 Å². The van der Waals surface area contributed by atoms with Crippen molar-refractivity contribution < 1.29 is 4.79 Å². The first-order valence-corrected chi connectivity index (χ1v) is 11.3. The van der Waals surface area contributed by atoms with Crippen LogP contribution in [0.3, 0.4) is 0 Å². The maximum atomic E-state index is 11.5. The zero-order valence-corrected chi connectivity index (χ0v) is 18.2. The number of aromatic nitrogens is 3. The van der Waals surface area contributed by atoms with Gasteiger partial charge in [-0.15, -0.1) is 10.2 Å². The van der Waals surface area contributed by atoms with Crippen molar-refractivity contribution in [1.29, 1.82) is 0 Å². The SMILES string of the molecule is CCCCCCCCCCCCn1c(CC)nnc1-c1cccc(C(=O)Cl)c1. The molecule has 154 valence electrons. The van der Waals surface area contributed by atoms with E-state index >= 15 is 0 Å². The highest BCUT2D eigenvalue weighted by Crippen LogP contribution is 2.22. The molecule has 2 aromatic rings. The van der Waals surface area contributed by atoms with Crippen molar-refractivity contribution >= 4 is 16.8 Å². The Morgan fingerprint density at radius 2 is 1.57 bits per heavy atom. The summed E-state index contributed by atoms with van der Waals surface area (Å²) in [7, 11) is 0. The quantitative estimate of drug-likeness (QED) is 0.257. The first kappa shape index (κ1) is 22.6. The van der Waals surface area contributed by atoms with Crippen LogP contribution in [0.5, 0.6) is 0 Å². The minimum Gasteiger partial charge on any atom is -0.311 e. The van der Waals surface area contributed by atoms with E-state index in [1.165, 1.54) is 57.8 Å². The molecule has 0 saturated heterocycles. The Labute approximate surface area is 174 Å². The Morgan fingerprint density at radius 3 is 2.18 bits per heavy atom. The van der Waals surface area contributed by atoms with Crippen molar-refractivity contribution in [2.45, 2.75) is 91.0 Å². The lowest BCUT2D eigenvalue weighted by Gasteiger charge is -2.10. The molecule has 0 bridgehead atoms. The smallest absolute Gasteiger partial charge is 0.252 e. The molecule has 0 spiro atoms. The number of halogens is 1. The van der Waals surface area contributed by atoms with E-state index in [1.54, 1.807) is 12.1 Å². The maximum absolute atomic E-state index is 11.5. The van der Waals surface area contributed by atoms with Gasteiger partial charge in [0, 0.05) is 24.1 Å².